The summed E-state index contributed by atoms with van der Waals surface area (Å²) in [6, 6.07) is 51.1. The number of hydrogen-bond acceptors (Lipinski definition) is 10. The highest BCUT2D eigenvalue weighted by Crippen LogP contribution is 2.50. The second-order valence-corrected chi connectivity index (χ2v) is 22.2. The molecule has 2 fully saturated rings. The molecule has 6 atom stereocenters. The number of esters is 2. The van der Waals surface area contributed by atoms with Crippen LogP contribution in [-0.2, 0) is 36.9 Å². The standard InChI is InChI=1S/C36H43N3O6.C32H36N2O4.CH4/c1-36(2,3)45-35(43)39(31-23-29(31)26-16-9-6-10-17-26)21-12-11-20-30(33(41)37-24-25-14-7-5-8-15-25)38-32(40)27-18-13-19-28(22-27)34(42)44-4;1-38-32(37)27-18-11-17-26(20-27)30(35)34-29(31(36)33-22-23-12-5-2-6-13-23)19-10-4-9-16-25-21-28(25)24-14-7-3-8-15-24;/h5-10,13-19,22,29-31H,11-12,20-21,23-24H2,1-4H3,(H,37,41)(H,38,40);2-3,5-8,11-15,17-18,20,25,28-29H,4,9-10,16,19,21-22H2,1H3,(H,33,36)(H,34,35);1H4/t29?,30-,31?;25?,28?,29-;/m00./s1. The minimum Gasteiger partial charge on any atom is -0.465 e. The number of hydrogen-bond donors (Lipinski definition) is 4. The van der Waals surface area contributed by atoms with Crippen LogP contribution in [0.15, 0.2) is 170 Å². The number of benzene rings is 6. The molecule has 0 aromatic heterocycles. The number of rotatable bonds is 26. The number of ether oxygens (including phenoxy) is 3. The maximum Gasteiger partial charge on any atom is 0.410 e. The van der Waals surface area contributed by atoms with Crippen LogP contribution in [0.5, 0.6) is 0 Å². The highest BCUT2D eigenvalue weighted by molar-refractivity contribution is 6.01. The van der Waals surface area contributed by atoms with Crippen molar-refractivity contribution in [1.82, 2.24) is 26.2 Å². The van der Waals surface area contributed by atoms with E-state index in [4.69, 9.17) is 14.2 Å². The first-order valence-corrected chi connectivity index (χ1v) is 28.8. The van der Waals surface area contributed by atoms with Crippen molar-refractivity contribution in [2.45, 2.75) is 141 Å². The van der Waals surface area contributed by atoms with Gasteiger partial charge in [-0.25, -0.2) is 14.4 Å². The number of nitrogens with one attached hydrogen (secondary N) is 4. The Balaban J connectivity index is 0.000000270. The monoisotopic (exact) mass is 1140 g/mol. The number of methoxy groups -OCH3 is 2. The first-order valence-electron chi connectivity index (χ1n) is 28.8. The first kappa shape index (κ1) is 64.6. The lowest BCUT2D eigenvalue weighted by molar-refractivity contribution is -0.124. The van der Waals surface area contributed by atoms with Crippen molar-refractivity contribution in [3.8, 4) is 0 Å². The molecule has 2 aliphatic rings. The van der Waals surface area contributed by atoms with Crippen molar-refractivity contribution in [2.24, 2.45) is 5.92 Å². The molecule has 15 heteroatoms. The fourth-order valence-corrected chi connectivity index (χ4v) is 10.2. The Morgan fingerprint density at radius 3 is 1.39 bits per heavy atom. The Hall–Kier alpha value is -8.59. The van der Waals surface area contributed by atoms with Crippen LogP contribution in [0.25, 0.3) is 0 Å². The van der Waals surface area contributed by atoms with Gasteiger partial charge >= 0.3 is 18.0 Å². The second-order valence-electron chi connectivity index (χ2n) is 22.2. The van der Waals surface area contributed by atoms with Crippen LogP contribution in [0.1, 0.15) is 168 Å². The van der Waals surface area contributed by atoms with Gasteiger partial charge in [-0.2, -0.15) is 0 Å². The van der Waals surface area contributed by atoms with Gasteiger partial charge in [0.1, 0.15) is 17.7 Å². The van der Waals surface area contributed by atoms with Crippen LogP contribution in [0, 0.1) is 5.92 Å². The predicted octanol–water partition coefficient (Wildman–Crippen LogP) is 12.1. The van der Waals surface area contributed by atoms with Gasteiger partial charge in [0, 0.05) is 42.7 Å². The van der Waals surface area contributed by atoms with Gasteiger partial charge in [0.15, 0.2) is 0 Å². The molecule has 2 aliphatic carbocycles. The molecule has 2 saturated carbocycles. The first-order chi connectivity index (χ1) is 40.1. The normalized spacial score (nSPS) is 16.2. The van der Waals surface area contributed by atoms with E-state index >= 15 is 0 Å². The van der Waals surface area contributed by atoms with Gasteiger partial charge in [-0.05, 0) is 136 Å². The Labute approximate surface area is 495 Å². The molecule has 5 amide bonds. The maximum atomic E-state index is 13.3. The SMILES string of the molecule is C.COC(=O)c1cccc(C(=O)N[C@@H](CCCCCC2CC2c2ccccc2)C(=O)NCc2ccccc2)c1.COC(=O)c1cccc(C(=O)N[C@@H](CCCCN(C(=O)OC(C)(C)C)C2CC2c2ccccc2)C(=O)NCc2ccccc2)c1. The van der Waals surface area contributed by atoms with Crippen molar-refractivity contribution < 1.29 is 47.8 Å². The van der Waals surface area contributed by atoms with Crippen molar-refractivity contribution in [2.75, 3.05) is 20.8 Å². The average molecular weight is 1140 g/mol. The van der Waals surface area contributed by atoms with Crippen LogP contribution in [-0.4, -0.2) is 91.1 Å². The number of unbranched alkanes of at least 4 members (excludes halogenated alkanes) is 3. The van der Waals surface area contributed by atoms with Crippen molar-refractivity contribution in [3.05, 3.63) is 214 Å². The fourth-order valence-electron chi connectivity index (χ4n) is 10.2. The molecule has 444 valence electrons. The number of carbonyl (C=O) groups is 7. The molecule has 0 saturated heterocycles. The minimum absolute atomic E-state index is 0. The summed E-state index contributed by atoms with van der Waals surface area (Å²) in [5, 5.41) is 11.6. The van der Waals surface area contributed by atoms with Gasteiger partial charge in [-0.3, -0.25) is 19.2 Å². The van der Waals surface area contributed by atoms with E-state index in [0.717, 1.165) is 42.7 Å². The Bertz CT molecular complexity index is 3080. The average Bonchev–Trinajstić information content (AvgIpc) is 4.57. The van der Waals surface area contributed by atoms with E-state index in [1.165, 1.54) is 50.3 Å². The van der Waals surface area contributed by atoms with Crippen LogP contribution in [0.2, 0.25) is 0 Å². The molecule has 0 heterocycles. The van der Waals surface area contributed by atoms with Crippen LogP contribution in [0.3, 0.4) is 0 Å². The van der Waals surface area contributed by atoms with Gasteiger partial charge in [-0.15, -0.1) is 0 Å². The lowest BCUT2D eigenvalue weighted by Gasteiger charge is -2.28. The number of nitrogens with zero attached hydrogens (tertiary/aromatic N) is 1. The van der Waals surface area contributed by atoms with Crippen molar-refractivity contribution >= 4 is 41.7 Å². The van der Waals surface area contributed by atoms with Crippen LogP contribution >= 0.6 is 0 Å². The second kappa shape index (κ2) is 32.3. The van der Waals surface area contributed by atoms with Crippen LogP contribution < -0.4 is 21.3 Å². The van der Waals surface area contributed by atoms with Gasteiger partial charge in [0.25, 0.3) is 11.8 Å². The summed E-state index contributed by atoms with van der Waals surface area (Å²) in [5.74, 6) is -0.751. The Kier molecular flexibility index (Phi) is 24.8. The van der Waals surface area contributed by atoms with Gasteiger partial charge in [0.05, 0.1) is 25.3 Å². The molecule has 8 rings (SSSR count). The zero-order valence-electron chi connectivity index (χ0n) is 48.4. The molecule has 15 nitrogen and oxygen atoms in total. The van der Waals surface area contributed by atoms with Gasteiger partial charge in [-0.1, -0.05) is 160 Å². The summed E-state index contributed by atoms with van der Waals surface area (Å²) in [5.41, 5.74) is 5.04. The molecule has 6 aromatic rings. The third-order valence-electron chi connectivity index (χ3n) is 14.8. The van der Waals surface area contributed by atoms with E-state index < -0.39 is 35.5 Å². The van der Waals surface area contributed by atoms with E-state index in [1.54, 1.807) is 36.4 Å². The molecule has 0 radical (unpaired) electrons. The zero-order chi connectivity index (χ0) is 59.1. The highest BCUT2D eigenvalue weighted by Gasteiger charge is 2.46. The topological polar surface area (TPSA) is 199 Å². The minimum atomic E-state index is -0.823. The lowest BCUT2D eigenvalue weighted by Crippen LogP contribution is -2.46. The number of amides is 5. The van der Waals surface area contributed by atoms with E-state index in [2.05, 4.69) is 63.7 Å². The smallest absolute Gasteiger partial charge is 0.410 e. The van der Waals surface area contributed by atoms with Crippen LogP contribution in [0.4, 0.5) is 4.79 Å². The molecule has 0 bridgehead atoms. The Morgan fingerprint density at radius 2 is 0.940 bits per heavy atom. The van der Waals surface area contributed by atoms with E-state index in [1.807, 2.05) is 105 Å². The van der Waals surface area contributed by atoms with Crippen molar-refractivity contribution in [3.63, 3.8) is 0 Å². The predicted molar refractivity (Wildman–Crippen MR) is 326 cm³/mol. The molecular formula is C69H83N5O10. The third kappa shape index (κ3) is 20.4. The molecule has 6 aromatic carbocycles. The molecule has 4 N–H and O–H groups in total. The summed E-state index contributed by atoms with van der Waals surface area (Å²) in [6.07, 6.45) is 8.04. The lowest BCUT2D eigenvalue weighted by atomic mass is 10.0. The molecular weight excluding hydrogens is 1060 g/mol. The maximum absolute atomic E-state index is 13.3. The molecule has 4 unspecified atom stereocenters. The Morgan fingerprint density at radius 1 is 0.512 bits per heavy atom. The molecule has 0 aliphatic heterocycles. The highest BCUT2D eigenvalue weighted by atomic mass is 16.6. The molecule has 84 heavy (non-hydrogen) atoms. The number of carbonyl (C=O) groups excluding carboxylic acids is 7. The summed E-state index contributed by atoms with van der Waals surface area (Å²) in [6.45, 7) is 6.74. The van der Waals surface area contributed by atoms with E-state index in [9.17, 15) is 33.6 Å². The summed E-state index contributed by atoms with van der Waals surface area (Å²) >= 11 is 0. The quantitative estimate of drug-likeness (QED) is 0.0230. The zero-order valence-corrected chi connectivity index (χ0v) is 48.4. The summed E-state index contributed by atoms with van der Waals surface area (Å²) in [7, 11) is 2.57. The fraction of sp³-hybridized carbons (Fsp3) is 0.377. The van der Waals surface area contributed by atoms with E-state index in [-0.39, 0.29) is 54.3 Å². The van der Waals surface area contributed by atoms with E-state index in [0.29, 0.717) is 62.4 Å². The summed E-state index contributed by atoms with van der Waals surface area (Å²) < 4.78 is 15.3. The van der Waals surface area contributed by atoms with Crippen molar-refractivity contribution in [1.29, 1.82) is 0 Å². The van der Waals surface area contributed by atoms with Gasteiger partial charge in [0.2, 0.25) is 11.8 Å². The third-order valence-corrected chi connectivity index (χ3v) is 14.8. The molecule has 0 spiro atoms. The van der Waals surface area contributed by atoms with Gasteiger partial charge < -0.3 is 40.4 Å². The largest absolute Gasteiger partial charge is 0.465 e. The summed E-state index contributed by atoms with van der Waals surface area (Å²) in [4.78, 5) is 91.5.